The van der Waals surface area contributed by atoms with Crippen LogP contribution in [0.25, 0.3) is 0 Å². The molecule has 0 aromatic heterocycles. The number of nitrogens with zero attached hydrogens (tertiary/aromatic N) is 1. The van der Waals surface area contributed by atoms with Crippen molar-refractivity contribution in [2.75, 3.05) is 17.4 Å². The highest BCUT2D eigenvalue weighted by Crippen LogP contribution is 2.23. The summed E-state index contributed by atoms with van der Waals surface area (Å²) in [4.78, 5) is 12.8. The number of unbranched alkanes of at least 4 members (excludes halogenated alkanes) is 1. The van der Waals surface area contributed by atoms with Gasteiger partial charge in [-0.3, -0.25) is 9.10 Å². The maximum atomic E-state index is 13.3. The van der Waals surface area contributed by atoms with Crippen LogP contribution in [0, 0.1) is 12.8 Å². The van der Waals surface area contributed by atoms with Crippen molar-refractivity contribution in [1.82, 2.24) is 5.32 Å². The van der Waals surface area contributed by atoms with E-state index in [1.165, 1.54) is 4.31 Å². The number of anilines is 1. The number of carbonyl (C=O) groups excluding carboxylic acids is 1. The smallest absolute Gasteiger partial charge is 0.264 e. The Bertz CT molecular complexity index is 865. The summed E-state index contributed by atoms with van der Waals surface area (Å²) in [5.41, 5.74) is 1.45. The molecule has 29 heavy (non-hydrogen) atoms. The predicted octanol–water partition coefficient (Wildman–Crippen LogP) is 4.52. The molecule has 0 fully saturated rings. The summed E-state index contributed by atoms with van der Waals surface area (Å²) in [6.45, 7) is 6.50. The van der Waals surface area contributed by atoms with Gasteiger partial charge in [-0.1, -0.05) is 69.0 Å². The van der Waals surface area contributed by atoms with Crippen LogP contribution in [-0.4, -0.2) is 27.4 Å². The average Bonchev–Trinajstić information content (AvgIpc) is 2.73. The minimum atomic E-state index is -3.85. The van der Waals surface area contributed by atoms with Crippen molar-refractivity contribution in [3.63, 3.8) is 0 Å². The first-order chi connectivity index (χ1) is 13.9. The van der Waals surface area contributed by atoms with Crippen LogP contribution < -0.4 is 9.62 Å². The maximum absolute atomic E-state index is 13.3. The minimum absolute atomic E-state index is 0.175. The average molecular weight is 417 g/mol. The number of sulfonamides is 1. The van der Waals surface area contributed by atoms with E-state index < -0.39 is 10.0 Å². The van der Waals surface area contributed by atoms with Gasteiger partial charge in [0, 0.05) is 6.54 Å². The Hall–Kier alpha value is -2.34. The van der Waals surface area contributed by atoms with Crippen LogP contribution in [0.15, 0.2) is 59.5 Å². The summed E-state index contributed by atoms with van der Waals surface area (Å²) < 4.78 is 27.7. The van der Waals surface area contributed by atoms with Crippen molar-refractivity contribution >= 4 is 21.6 Å². The van der Waals surface area contributed by atoms with Gasteiger partial charge in [0.2, 0.25) is 5.91 Å². The first kappa shape index (κ1) is 22.9. The summed E-state index contributed by atoms with van der Waals surface area (Å²) in [7, 11) is -3.85. The maximum Gasteiger partial charge on any atom is 0.264 e. The van der Waals surface area contributed by atoms with Crippen molar-refractivity contribution in [1.29, 1.82) is 0 Å². The Kier molecular flexibility index (Phi) is 8.70. The molecule has 2 aromatic rings. The van der Waals surface area contributed by atoms with E-state index in [0.29, 0.717) is 18.2 Å². The Morgan fingerprint density at radius 3 is 2.28 bits per heavy atom. The van der Waals surface area contributed by atoms with Gasteiger partial charge in [-0.05, 0) is 43.5 Å². The lowest BCUT2D eigenvalue weighted by atomic mass is 9.99. The van der Waals surface area contributed by atoms with E-state index in [0.717, 1.165) is 31.2 Å². The van der Waals surface area contributed by atoms with Crippen molar-refractivity contribution in [3.05, 3.63) is 60.2 Å². The number of carbonyl (C=O) groups is 1. The molecule has 0 spiro atoms. The Balaban J connectivity index is 2.19. The molecule has 0 saturated carbocycles. The summed E-state index contributed by atoms with van der Waals surface area (Å²) >= 11 is 0. The van der Waals surface area contributed by atoms with Crippen molar-refractivity contribution in [2.24, 2.45) is 5.92 Å². The van der Waals surface area contributed by atoms with E-state index in [1.807, 2.05) is 13.0 Å². The largest absolute Gasteiger partial charge is 0.354 e. The van der Waals surface area contributed by atoms with Gasteiger partial charge in [0.25, 0.3) is 10.0 Å². The second-order valence-electron chi connectivity index (χ2n) is 7.38. The van der Waals surface area contributed by atoms with Gasteiger partial charge < -0.3 is 5.32 Å². The molecule has 2 aromatic carbocycles. The molecule has 0 aliphatic heterocycles. The van der Waals surface area contributed by atoms with Crippen LogP contribution in [0.3, 0.4) is 0 Å². The second kappa shape index (κ2) is 11.0. The molecule has 0 saturated heterocycles. The molecular formula is C23H32N2O3S. The predicted molar refractivity (Wildman–Crippen MR) is 118 cm³/mol. The van der Waals surface area contributed by atoms with Crippen LogP contribution in [0.2, 0.25) is 0 Å². The molecule has 2 rings (SSSR count). The topological polar surface area (TPSA) is 66.5 Å². The number of nitrogens with one attached hydrogen (secondary N) is 1. The molecule has 0 radical (unpaired) electrons. The van der Waals surface area contributed by atoms with Gasteiger partial charge in [-0.25, -0.2) is 8.42 Å². The lowest BCUT2D eigenvalue weighted by Crippen LogP contribution is -2.42. The zero-order chi connectivity index (χ0) is 21.3. The quantitative estimate of drug-likeness (QED) is 0.585. The van der Waals surface area contributed by atoms with Crippen molar-refractivity contribution in [2.45, 2.75) is 51.3 Å². The van der Waals surface area contributed by atoms with Gasteiger partial charge in [-0.2, -0.15) is 0 Å². The normalized spacial score (nSPS) is 12.4. The van der Waals surface area contributed by atoms with Crippen molar-refractivity contribution in [3.8, 4) is 0 Å². The standard InChI is InChI=1S/C23H32N2O3S/c1-4-6-10-20(5-2)17-24-23(26)18-25(21-11-8-7-9-12-21)29(27,28)22-15-13-19(3)14-16-22/h7-9,11-16,20H,4-6,10,17-18H2,1-3H3,(H,24,26)/t20-/m0/s1. The number of para-hydroxylation sites is 1. The highest BCUT2D eigenvalue weighted by molar-refractivity contribution is 7.92. The third-order valence-electron chi connectivity index (χ3n) is 5.07. The lowest BCUT2D eigenvalue weighted by molar-refractivity contribution is -0.119. The fourth-order valence-electron chi connectivity index (χ4n) is 3.13. The van der Waals surface area contributed by atoms with Crippen molar-refractivity contribution < 1.29 is 13.2 Å². The van der Waals surface area contributed by atoms with Gasteiger partial charge in [0.15, 0.2) is 0 Å². The minimum Gasteiger partial charge on any atom is -0.354 e. The number of amides is 1. The molecule has 0 unspecified atom stereocenters. The van der Waals surface area contributed by atoms with Gasteiger partial charge >= 0.3 is 0 Å². The second-order valence-corrected chi connectivity index (χ2v) is 9.24. The summed E-state index contributed by atoms with van der Waals surface area (Å²) in [6, 6.07) is 15.4. The molecule has 5 nitrogen and oxygen atoms in total. The highest BCUT2D eigenvalue weighted by atomic mass is 32.2. The van der Waals surface area contributed by atoms with E-state index in [1.54, 1.807) is 48.5 Å². The fourth-order valence-corrected chi connectivity index (χ4v) is 4.56. The SMILES string of the molecule is CCCC[C@H](CC)CNC(=O)CN(c1ccccc1)S(=O)(=O)c1ccc(C)cc1. The number of benzene rings is 2. The summed E-state index contributed by atoms with van der Waals surface area (Å²) in [6.07, 6.45) is 4.31. The number of rotatable bonds is 11. The third-order valence-corrected chi connectivity index (χ3v) is 6.86. The van der Waals surface area contributed by atoms with Crippen LogP contribution in [-0.2, 0) is 14.8 Å². The van der Waals surface area contributed by atoms with E-state index in [9.17, 15) is 13.2 Å². The van der Waals surface area contributed by atoms with E-state index in [2.05, 4.69) is 19.2 Å². The number of aryl methyl sites for hydroxylation is 1. The molecule has 1 N–H and O–H groups in total. The summed E-state index contributed by atoms with van der Waals surface area (Å²) in [5, 5.41) is 2.93. The first-order valence-electron chi connectivity index (χ1n) is 10.3. The van der Waals surface area contributed by atoms with Crippen LogP contribution in [0.5, 0.6) is 0 Å². The van der Waals surface area contributed by atoms with Gasteiger partial charge in [0.05, 0.1) is 10.6 Å². The van der Waals surface area contributed by atoms with E-state index >= 15 is 0 Å². The number of hydrogen-bond acceptors (Lipinski definition) is 3. The summed E-state index contributed by atoms with van der Waals surface area (Å²) in [5.74, 6) is 0.122. The first-order valence-corrected chi connectivity index (χ1v) is 11.7. The van der Waals surface area contributed by atoms with Crippen LogP contribution >= 0.6 is 0 Å². The van der Waals surface area contributed by atoms with E-state index in [-0.39, 0.29) is 17.3 Å². The molecule has 0 aliphatic rings. The zero-order valence-corrected chi connectivity index (χ0v) is 18.4. The molecule has 1 atom stereocenters. The third kappa shape index (κ3) is 6.60. The zero-order valence-electron chi connectivity index (χ0n) is 17.6. The molecule has 0 heterocycles. The molecule has 0 bridgehead atoms. The Labute approximate surface area is 175 Å². The molecule has 0 aliphatic carbocycles. The lowest BCUT2D eigenvalue weighted by Gasteiger charge is -2.24. The molecule has 1 amide bonds. The highest BCUT2D eigenvalue weighted by Gasteiger charge is 2.27. The molecule has 6 heteroatoms. The van der Waals surface area contributed by atoms with E-state index in [4.69, 9.17) is 0 Å². The fraction of sp³-hybridized carbons (Fsp3) is 0.435. The number of hydrogen-bond donors (Lipinski definition) is 1. The Morgan fingerprint density at radius 2 is 1.69 bits per heavy atom. The molecule has 158 valence electrons. The van der Waals surface area contributed by atoms with Crippen LogP contribution in [0.4, 0.5) is 5.69 Å². The van der Waals surface area contributed by atoms with Gasteiger partial charge in [-0.15, -0.1) is 0 Å². The monoisotopic (exact) mass is 416 g/mol. The van der Waals surface area contributed by atoms with Gasteiger partial charge in [0.1, 0.15) is 6.54 Å². The Morgan fingerprint density at radius 1 is 1.03 bits per heavy atom. The molecular weight excluding hydrogens is 384 g/mol. The van der Waals surface area contributed by atoms with Crippen LogP contribution in [0.1, 0.15) is 45.1 Å².